The number of carbonyl (C=O) groups is 2. The summed E-state index contributed by atoms with van der Waals surface area (Å²) in [6.45, 7) is 0.856. The number of hydrogen-bond acceptors (Lipinski definition) is 4. The van der Waals surface area contributed by atoms with Crippen molar-refractivity contribution in [1.29, 1.82) is 0 Å². The van der Waals surface area contributed by atoms with Gasteiger partial charge in [-0.2, -0.15) is 13.2 Å². The number of aromatic nitrogens is 1. The Kier molecular flexibility index (Phi) is 5.47. The summed E-state index contributed by atoms with van der Waals surface area (Å²) in [5, 5.41) is 4.94. The van der Waals surface area contributed by atoms with Crippen molar-refractivity contribution in [1.82, 2.24) is 15.6 Å². The van der Waals surface area contributed by atoms with Gasteiger partial charge in [0.05, 0.1) is 12.1 Å². The molecule has 1 aliphatic rings. The molecule has 3 amide bonds. The molecule has 0 aliphatic carbocycles. The minimum absolute atomic E-state index is 0.176. The number of nitrogens with one attached hydrogen (secondary N) is 2. The number of piperidine rings is 1. The topological polar surface area (TPSA) is 100 Å². The number of halogens is 3. The maximum Gasteiger partial charge on any atom is 0.417 e. The molecule has 2 heterocycles. The molecule has 7 nitrogen and oxygen atoms in total. The van der Waals surface area contributed by atoms with Gasteiger partial charge in [-0.15, -0.1) is 0 Å². The van der Waals surface area contributed by atoms with E-state index in [4.69, 9.17) is 5.73 Å². The lowest BCUT2D eigenvalue weighted by molar-refractivity contribution is -0.137. The number of carbonyl (C=O) groups excluding carboxylic acids is 2. The van der Waals surface area contributed by atoms with Gasteiger partial charge in [-0.25, -0.2) is 9.78 Å². The quantitative estimate of drug-likeness (QED) is 0.753. The van der Waals surface area contributed by atoms with Gasteiger partial charge < -0.3 is 21.3 Å². The monoisotopic (exact) mass is 345 g/mol. The number of hydrogen-bond donors (Lipinski definition) is 3. The Morgan fingerprint density at radius 2 is 2.12 bits per heavy atom. The van der Waals surface area contributed by atoms with Crippen LogP contribution in [0.15, 0.2) is 18.3 Å². The van der Waals surface area contributed by atoms with Crippen LogP contribution in [0.3, 0.4) is 0 Å². The fourth-order valence-corrected chi connectivity index (χ4v) is 2.49. The highest BCUT2D eigenvalue weighted by Gasteiger charge is 2.31. The molecule has 10 heteroatoms. The van der Waals surface area contributed by atoms with Gasteiger partial charge in [-0.1, -0.05) is 0 Å². The highest BCUT2D eigenvalue weighted by Crippen LogP contribution is 2.29. The first-order valence-electron chi connectivity index (χ1n) is 7.36. The number of nitrogens with zero attached hydrogens (tertiary/aromatic N) is 2. The fraction of sp³-hybridized carbons (Fsp3) is 0.500. The second-order valence-electron chi connectivity index (χ2n) is 5.47. The molecular formula is C14H18F3N5O2. The number of primary amides is 1. The predicted octanol–water partition coefficient (Wildman–Crippen LogP) is 0.854. The summed E-state index contributed by atoms with van der Waals surface area (Å²) < 4.78 is 37.7. The third kappa shape index (κ3) is 5.00. The van der Waals surface area contributed by atoms with Crippen molar-refractivity contribution in [2.24, 2.45) is 5.73 Å². The first-order chi connectivity index (χ1) is 11.3. The van der Waals surface area contributed by atoms with E-state index in [1.165, 1.54) is 6.07 Å². The summed E-state index contributed by atoms with van der Waals surface area (Å²) in [6, 6.07) is 1.34. The third-order valence-corrected chi connectivity index (χ3v) is 3.61. The van der Waals surface area contributed by atoms with Gasteiger partial charge in [0, 0.05) is 25.3 Å². The summed E-state index contributed by atoms with van der Waals surface area (Å²) in [7, 11) is 0. The van der Waals surface area contributed by atoms with Gasteiger partial charge in [0.1, 0.15) is 5.82 Å². The minimum atomic E-state index is -4.42. The second-order valence-corrected chi connectivity index (χ2v) is 5.47. The highest BCUT2D eigenvalue weighted by molar-refractivity contribution is 5.83. The number of amides is 3. The summed E-state index contributed by atoms with van der Waals surface area (Å²) in [5.74, 6) is 0.0539. The molecule has 1 fully saturated rings. The third-order valence-electron chi connectivity index (χ3n) is 3.61. The minimum Gasteiger partial charge on any atom is -0.355 e. The predicted molar refractivity (Wildman–Crippen MR) is 80.2 cm³/mol. The first-order valence-corrected chi connectivity index (χ1v) is 7.36. The maximum atomic E-state index is 12.6. The average molecular weight is 345 g/mol. The molecule has 4 N–H and O–H groups in total. The van der Waals surface area contributed by atoms with Crippen LogP contribution >= 0.6 is 0 Å². The molecule has 24 heavy (non-hydrogen) atoms. The lowest BCUT2D eigenvalue weighted by Crippen LogP contribution is -2.50. The van der Waals surface area contributed by atoms with Crippen molar-refractivity contribution in [3.05, 3.63) is 23.9 Å². The summed E-state index contributed by atoms with van der Waals surface area (Å²) >= 11 is 0. The molecule has 0 saturated carbocycles. The molecule has 0 spiro atoms. The number of alkyl halides is 3. The molecule has 1 aliphatic heterocycles. The van der Waals surface area contributed by atoms with Crippen LogP contribution < -0.4 is 21.3 Å². The molecule has 0 aromatic carbocycles. The second kappa shape index (κ2) is 7.37. The van der Waals surface area contributed by atoms with Gasteiger partial charge in [0.15, 0.2) is 0 Å². The Labute approximate surface area is 136 Å². The van der Waals surface area contributed by atoms with E-state index in [0.29, 0.717) is 18.9 Å². The Bertz CT molecular complexity index is 591. The number of nitrogens with two attached hydrogens (primary N) is 1. The molecule has 1 atom stereocenters. The SMILES string of the molecule is NC(=O)NCC(=O)N[C@@H]1CCCN(c2ccc(C(F)(F)F)cn2)C1. The lowest BCUT2D eigenvalue weighted by Gasteiger charge is -2.34. The Hall–Kier alpha value is -2.52. The zero-order chi connectivity index (χ0) is 17.7. The molecule has 1 saturated heterocycles. The summed E-state index contributed by atoms with van der Waals surface area (Å²) in [5.41, 5.74) is 4.09. The molecule has 1 aromatic rings. The van der Waals surface area contributed by atoms with Crippen LogP contribution in [0.25, 0.3) is 0 Å². The zero-order valence-corrected chi connectivity index (χ0v) is 12.8. The van der Waals surface area contributed by atoms with E-state index in [-0.39, 0.29) is 18.5 Å². The maximum absolute atomic E-state index is 12.6. The van der Waals surface area contributed by atoms with E-state index in [0.717, 1.165) is 25.1 Å². The van der Waals surface area contributed by atoms with Crippen LogP contribution in [0.2, 0.25) is 0 Å². The number of urea groups is 1. The summed E-state index contributed by atoms with van der Waals surface area (Å²) in [6.07, 6.45) is -2.12. The molecule has 0 bridgehead atoms. The van der Waals surface area contributed by atoms with Crippen LogP contribution in [0.5, 0.6) is 0 Å². The average Bonchev–Trinajstić information content (AvgIpc) is 2.52. The van der Waals surface area contributed by atoms with Gasteiger partial charge in [0.25, 0.3) is 0 Å². The van der Waals surface area contributed by atoms with Gasteiger partial charge in [0.2, 0.25) is 5.91 Å². The van der Waals surface area contributed by atoms with Crippen molar-refractivity contribution < 1.29 is 22.8 Å². The highest BCUT2D eigenvalue weighted by atomic mass is 19.4. The number of pyridine rings is 1. The van der Waals surface area contributed by atoms with Crippen molar-refractivity contribution in [3.8, 4) is 0 Å². The molecule has 2 rings (SSSR count). The van der Waals surface area contributed by atoms with Crippen LogP contribution in [0.4, 0.5) is 23.8 Å². The molecule has 0 unspecified atom stereocenters. The van der Waals surface area contributed by atoms with Crippen LogP contribution in [0.1, 0.15) is 18.4 Å². The van der Waals surface area contributed by atoms with E-state index < -0.39 is 17.8 Å². The smallest absolute Gasteiger partial charge is 0.355 e. The Balaban J connectivity index is 1.93. The van der Waals surface area contributed by atoms with Crippen molar-refractivity contribution in [3.63, 3.8) is 0 Å². The van der Waals surface area contributed by atoms with E-state index in [1.807, 2.05) is 4.90 Å². The largest absolute Gasteiger partial charge is 0.417 e. The summed E-state index contributed by atoms with van der Waals surface area (Å²) in [4.78, 5) is 27.9. The van der Waals surface area contributed by atoms with Gasteiger partial charge in [-0.05, 0) is 25.0 Å². The molecule has 132 valence electrons. The zero-order valence-electron chi connectivity index (χ0n) is 12.8. The number of anilines is 1. The Morgan fingerprint density at radius 1 is 1.38 bits per heavy atom. The van der Waals surface area contributed by atoms with E-state index in [9.17, 15) is 22.8 Å². The van der Waals surface area contributed by atoms with E-state index in [1.54, 1.807) is 0 Å². The first kappa shape index (κ1) is 17.8. The molecular weight excluding hydrogens is 327 g/mol. The van der Waals surface area contributed by atoms with Crippen LogP contribution in [-0.2, 0) is 11.0 Å². The fourth-order valence-electron chi connectivity index (χ4n) is 2.49. The normalized spacial score (nSPS) is 18.1. The van der Waals surface area contributed by atoms with Crippen molar-refractivity contribution in [2.75, 3.05) is 24.5 Å². The lowest BCUT2D eigenvalue weighted by atomic mass is 10.1. The van der Waals surface area contributed by atoms with E-state index in [2.05, 4.69) is 15.6 Å². The van der Waals surface area contributed by atoms with Gasteiger partial charge >= 0.3 is 12.2 Å². The van der Waals surface area contributed by atoms with Crippen LogP contribution in [-0.4, -0.2) is 42.6 Å². The van der Waals surface area contributed by atoms with E-state index >= 15 is 0 Å². The Morgan fingerprint density at radius 3 is 2.71 bits per heavy atom. The van der Waals surface area contributed by atoms with Crippen LogP contribution in [0, 0.1) is 0 Å². The molecule has 1 aromatic heterocycles. The van der Waals surface area contributed by atoms with Crippen molar-refractivity contribution in [2.45, 2.75) is 25.1 Å². The number of rotatable bonds is 4. The van der Waals surface area contributed by atoms with Crippen molar-refractivity contribution >= 4 is 17.8 Å². The molecule has 0 radical (unpaired) electrons. The standard InChI is InChI=1S/C14H18F3N5O2/c15-14(16,17)9-3-4-11(19-6-9)22-5-1-2-10(8-22)21-12(23)7-20-13(18)24/h3-4,6,10H,1-2,5,7-8H2,(H,21,23)(H3,18,20,24)/t10-/m1/s1. The van der Waals surface area contributed by atoms with Gasteiger partial charge in [-0.3, -0.25) is 4.79 Å².